The van der Waals surface area contributed by atoms with Crippen molar-refractivity contribution in [1.29, 1.82) is 0 Å². The van der Waals surface area contributed by atoms with Crippen LogP contribution in [0.3, 0.4) is 0 Å². The van der Waals surface area contributed by atoms with Gasteiger partial charge in [0.1, 0.15) is 0 Å². The van der Waals surface area contributed by atoms with Gasteiger partial charge in [-0.15, -0.1) is 0 Å². The fourth-order valence-electron chi connectivity index (χ4n) is 1.02. The van der Waals surface area contributed by atoms with Crippen LogP contribution in [0.15, 0.2) is 0 Å². The van der Waals surface area contributed by atoms with E-state index < -0.39 is 0 Å². The predicted molar refractivity (Wildman–Crippen MR) is 52.2 cm³/mol. The van der Waals surface area contributed by atoms with Crippen molar-refractivity contribution in [2.45, 2.75) is 26.2 Å². The van der Waals surface area contributed by atoms with Crippen LogP contribution in [0.4, 0.5) is 0 Å². The minimum absolute atomic E-state index is 0.0299. The van der Waals surface area contributed by atoms with Crippen molar-refractivity contribution < 1.29 is 9.90 Å². The quantitative estimate of drug-likeness (QED) is 0.487. The van der Waals surface area contributed by atoms with Gasteiger partial charge >= 0.3 is 0 Å². The van der Waals surface area contributed by atoms with E-state index in [0.717, 1.165) is 12.8 Å². The van der Waals surface area contributed by atoms with E-state index in [-0.39, 0.29) is 18.4 Å². The fourth-order valence-corrected chi connectivity index (χ4v) is 1.02. The van der Waals surface area contributed by atoms with Crippen LogP contribution in [0.25, 0.3) is 0 Å². The van der Waals surface area contributed by atoms with Crippen molar-refractivity contribution in [1.82, 2.24) is 5.32 Å². The molecule has 78 valence electrons. The molecule has 0 aliphatic rings. The summed E-state index contributed by atoms with van der Waals surface area (Å²) in [5.74, 6) is 0.0872. The summed E-state index contributed by atoms with van der Waals surface area (Å²) in [7, 11) is 0. The SMILES string of the molecule is CC(CCCN)C(=O)NCCCO. The molecule has 0 aliphatic carbocycles. The number of carbonyl (C=O) groups excluding carboxylic acids is 1. The Labute approximate surface area is 79.5 Å². The van der Waals surface area contributed by atoms with Crippen molar-refractivity contribution in [2.24, 2.45) is 11.7 Å². The maximum atomic E-state index is 11.3. The molecule has 0 heterocycles. The van der Waals surface area contributed by atoms with Gasteiger partial charge in [0, 0.05) is 19.1 Å². The molecule has 0 aromatic heterocycles. The van der Waals surface area contributed by atoms with E-state index in [1.807, 2.05) is 6.92 Å². The smallest absolute Gasteiger partial charge is 0.222 e. The van der Waals surface area contributed by atoms with E-state index in [9.17, 15) is 4.79 Å². The van der Waals surface area contributed by atoms with E-state index in [2.05, 4.69) is 5.32 Å². The van der Waals surface area contributed by atoms with Crippen LogP contribution in [0.2, 0.25) is 0 Å². The van der Waals surface area contributed by atoms with Gasteiger partial charge in [-0.2, -0.15) is 0 Å². The van der Waals surface area contributed by atoms with Gasteiger partial charge in [0.15, 0.2) is 0 Å². The first-order chi connectivity index (χ1) is 6.22. The lowest BCUT2D eigenvalue weighted by atomic mass is 10.1. The molecule has 1 atom stereocenters. The molecular weight excluding hydrogens is 168 g/mol. The number of aliphatic hydroxyl groups excluding tert-OH is 1. The molecule has 0 bridgehead atoms. The lowest BCUT2D eigenvalue weighted by Crippen LogP contribution is -2.30. The second-order valence-electron chi connectivity index (χ2n) is 3.20. The van der Waals surface area contributed by atoms with Gasteiger partial charge in [0.2, 0.25) is 5.91 Å². The van der Waals surface area contributed by atoms with E-state index >= 15 is 0 Å². The third-order valence-corrected chi connectivity index (χ3v) is 1.92. The second-order valence-corrected chi connectivity index (χ2v) is 3.20. The highest BCUT2D eigenvalue weighted by atomic mass is 16.3. The predicted octanol–water partition coefficient (Wildman–Crippen LogP) is -0.140. The monoisotopic (exact) mass is 188 g/mol. The Hall–Kier alpha value is -0.610. The molecule has 13 heavy (non-hydrogen) atoms. The molecule has 4 nitrogen and oxygen atoms in total. The van der Waals surface area contributed by atoms with Crippen molar-refractivity contribution in [2.75, 3.05) is 19.7 Å². The zero-order chi connectivity index (χ0) is 10.1. The standard InChI is InChI=1S/C9H20N2O2/c1-8(4-2-5-10)9(13)11-6-3-7-12/h8,12H,2-7,10H2,1H3,(H,11,13). The summed E-state index contributed by atoms with van der Waals surface area (Å²) < 4.78 is 0. The van der Waals surface area contributed by atoms with Crippen LogP contribution in [0.1, 0.15) is 26.2 Å². The van der Waals surface area contributed by atoms with Crippen LogP contribution in [0, 0.1) is 5.92 Å². The first-order valence-corrected chi connectivity index (χ1v) is 4.81. The van der Waals surface area contributed by atoms with Crippen LogP contribution in [-0.2, 0) is 4.79 Å². The Morgan fingerprint density at radius 1 is 1.54 bits per heavy atom. The summed E-state index contributed by atoms with van der Waals surface area (Å²) in [4.78, 5) is 11.3. The summed E-state index contributed by atoms with van der Waals surface area (Å²) in [5.41, 5.74) is 5.33. The van der Waals surface area contributed by atoms with Gasteiger partial charge in [-0.1, -0.05) is 6.92 Å². The van der Waals surface area contributed by atoms with Crippen LogP contribution >= 0.6 is 0 Å². The van der Waals surface area contributed by atoms with Gasteiger partial charge in [0.05, 0.1) is 0 Å². The molecule has 0 aromatic rings. The lowest BCUT2D eigenvalue weighted by molar-refractivity contribution is -0.124. The molecule has 0 fully saturated rings. The molecule has 0 saturated carbocycles. The summed E-state index contributed by atoms with van der Waals surface area (Å²) in [6.45, 7) is 3.21. The normalized spacial score (nSPS) is 12.5. The first-order valence-electron chi connectivity index (χ1n) is 4.81. The van der Waals surface area contributed by atoms with Crippen molar-refractivity contribution in [3.63, 3.8) is 0 Å². The highest BCUT2D eigenvalue weighted by Gasteiger charge is 2.10. The van der Waals surface area contributed by atoms with Crippen molar-refractivity contribution >= 4 is 5.91 Å². The molecule has 4 heteroatoms. The number of hydrogen-bond acceptors (Lipinski definition) is 3. The molecule has 1 amide bonds. The minimum Gasteiger partial charge on any atom is -0.396 e. The number of hydrogen-bond donors (Lipinski definition) is 3. The topological polar surface area (TPSA) is 75.4 Å². The van der Waals surface area contributed by atoms with E-state index in [0.29, 0.717) is 19.5 Å². The van der Waals surface area contributed by atoms with Crippen molar-refractivity contribution in [3.8, 4) is 0 Å². The molecule has 0 aliphatic heterocycles. The van der Waals surface area contributed by atoms with E-state index in [4.69, 9.17) is 10.8 Å². The van der Waals surface area contributed by atoms with Gasteiger partial charge in [0.25, 0.3) is 0 Å². The molecule has 0 rings (SSSR count). The van der Waals surface area contributed by atoms with Crippen molar-refractivity contribution in [3.05, 3.63) is 0 Å². The largest absolute Gasteiger partial charge is 0.396 e. The second kappa shape index (κ2) is 8.01. The maximum Gasteiger partial charge on any atom is 0.222 e. The van der Waals surface area contributed by atoms with Gasteiger partial charge in [-0.3, -0.25) is 4.79 Å². The zero-order valence-corrected chi connectivity index (χ0v) is 8.25. The number of amides is 1. The molecule has 4 N–H and O–H groups in total. The minimum atomic E-state index is 0.0299. The van der Waals surface area contributed by atoms with Crippen LogP contribution < -0.4 is 11.1 Å². The Bertz CT molecular complexity index is 140. The number of carbonyl (C=O) groups is 1. The van der Waals surface area contributed by atoms with Crippen LogP contribution in [0.5, 0.6) is 0 Å². The fraction of sp³-hybridized carbons (Fsp3) is 0.889. The molecule has 0 aromatic carbocycles. The molecule has 0 radical (unpaired) electrons. The summed E-state index contributed by atoms with van der Waals surface area (Å²) in [5, 5.41) is 11.2. The highest BCUT2D eigenvalue weighted by Crippen LogP contribution is 2.03. The maximum absolute atomic E-state index is 11.3. The Morgan fingerprint density at radius 3 is 2.77 bits per heavy atom. The van der Waals surface area contributed by atoms with E-state index in [1.54, 1.807) is 0 Å². The Morgan fingerprint density at radius 2 is 2.23 bits per heavy atom. The summed E-state index contributed by atoms with van der Waals surface area (Å²) in [6, 6.07) is 0. The molecule has 0 saturated heterocycles. The summed E-state index contributed by atoms with van der Waals surface area (Å²) in [6.07, 6.45) is 2.34. The average molecular weight is 188 g/mol. The third-order valence-electron chi connectivity index (χ3n) is 1.92. The van der Waals surface area contributed by atoms with Gasteiger partial charge < -0.3 is 16.2 Å². The Balaban J connectivity index is 3.45. The van der Waals surface area contributed by atoms with Gasteiger partial charge in [-0.25, -0.2) is 0 Å². The summed E-state index contributed by atoms with van der Waals surface area (Å²) >= 11 is 0. The highest BCUT2D eigenvalue weighted by molar-refractivity contribution is 5.78. The Kier molecular flexibility index (Phi) is 7.63. The zero-order valence-electron chi connectivity index (χ0n) is 8.25. The number of aliphatic hydroxyl groups is 1. The third kappa shape index (κ3) is 6.54. The molecule has 1 unspecified atom stereocenters. The van der Waals surface area contributed by atoms with Crippen LogP contribution in [-0.4, -0.2) is 30.7 Å². The number of nitrogens with two attached hydrogens (primary N) is 1. The van der Waals surface area contributed by atoms with E-state index in [1.165, 1.54) is 0 Å². The van der Waals surface area contributed by atoms with Gasteiger partial charge in [-0.05, 0) is 25.8 Å². The average Bonchev–Trinajstić information content (AvgIpc) is 2.14. The lowest BCUT2D eigenvalue weighted by Gasteiger charge is -2.10. The number of nitrogens with one attached hydrogen (secondary N) is 1. The molecule has 0 spiro atoms. The molecular formula is C9H20N2O2. The number of rotatable bonds is 7. The first kappa shape index (κ1) is 12.4.